The number of aromatic amines is 1. The average molecular weight is 418 g/mol. The topological polar surface area (TPSA) is 89.1 Å². The van der Waals surface area contributed by atoms with Gasteiger partial charge in [0, 0.05) is 22.3 Å². The van der Waals surface area contributed by atoms with Crippen LogP contribution in [-0.4, -0.2) is 33.6 Å². The molecule has 160 valence electrons. The molecule has 2 heterocycles. The number of aromatic nitrogens is 2. The highest BCUT2D eigenvalue weighted by Gasteiger charge is 2.29. The normalized spacial score (nSPS) is 14.2. The van der Waals surface area contributed by atoms with Crippen LogP contribution in [-0.2, 0) is 17.6 Å². The summed E-state index contributed by atoms with van der Waals surface area (Å²) >= 11 is 0. The molecule has 0 saturated carbocycles. The SMILES string of the molecule is CC(=O)c1c(C)[nH]c(C(=O)[C@H](C)OC(=O)c2c3c(nc4ccccc24)CCCC3)c1C. The van der Waals surface area contributed by atoms with Crippen molar-refractivity contribution in [3.63, 3.8) is 0 Å². The second kappa shape index (κ2) is 8.10. The van der Waals surface area contributed by atoms with E-state index in [1.807, 2.05) is 24.3 Å². The molecule has 0 radical (unpaired) electrons. The van der Waals surface area contributed by atoms with Gasteiger partial charge in [-0.1, -0.05) is 18.2 Å². The maximum absolute atomic E-state index is 13.3. The number of H-pyrrole nitrogens is 1. The molecule has 2 aromatic heterocycles. The quantitative estimate of drug-likeness (QED) is 0.480. The van der Waals surface area contributed by atoms with Crippen LogP contribution in [0.3, 0.4) is 0 Å². The van der Waals surface area contributed by atoms with Gasteiger partial charge in [-0.05, 0) is 70.6 Å². The number of benzene rings is 1. The monoisotopic (exact) mass is 418 g/mol. The number of para-hydroxylation sites is 1. The molecule has 1 aromatic carbocycles. The highest BCUT2D eigenvalue weighted by molar-refractivity contribution is 6.08. The predicted molar refractivity (Wildman–Crippen MR) is 118 cm³/mol. The van der Waals surface area contributed by atoms with Gasteiger partial charge in [0.1, 0.15) is 0 Å². The Morgan fingerprint density at radius 1 is 1.06 bits per heavy atom. The molecule has 0 aliphatic heterocycles. The van der Waals surface area contributed by atoms with Crippen LogP contribution in [0, 0.1) is 13.8 Å². The first-order valence-electron chi connectivity index (χ1n) is 10.6. The van der Waals surface area contributed by atoms with E-state index in [1.165, 1.54) is 6.92 Å². The number of carbonyl (C=O) groups excluding carboxylic acids is 3. The first-order valence-corrected chi connectivity index (χ1v) is 10.6. The molecule has 1 N–H and O–H groups in total. The molecule has 0 amide bonds. The largest absolute Gasteiger partial charge is 0.451 e. The van der Waals surface area contributed by atoms with Crippen LogP contribution in [0.5, 0.6) is 0 Å². The van der Waals surface area contributed by atoms with Crippen LogP contribution >= 0.6 is 0 Å². The van der Waals surface area contributed by atoms with Crippen molar-refractivity contribution in [2.45, 2.75) is 59.5 Å². The molecule has 0 spiro atoms. The summed E-state index contributed by atoms with van der Waals surface area (Å²) < 4.78 is 5.67. The van der Waals surface area contributed by atoms with Gasteiger partial charge in [-0.15, -0.1) is 0 Å². The van der Waals surface area contributed by atoms with E-state index in [4.69, 9.17) is 9.72 Å². The van der Waals surface area contributed by atoms with Crippen molar-refractivity contribution in [1.29, 1.82) is 0 Å². The molecule has 0 saturated heterocycles. The van der Waals surface area contributed by atoms with Gasteiger partial charge in [-0.25, -0.2) is 4.79 Å². The number of ether oxygens (including phenoxy) is 1. The second-order valence-corrected chi connectivity index (χ2v) is 8.23. The lowest BCUT2D eigenvalue weighted by Gasteiger charge is -2.21. The second-order valence-electron chi connectivity index (χ2n) is 8.23. The first-order chi connectivity index (χ1) is 14.8. The van der Waals surface area contributed by atoms with E-state index in [2.05, 4.69) is 4.98 Å². The molecule has 0 unspecified atom stereocenters. The fourth-order valence-corrected chi connectivity index (χ4v) is 4.61. The summed E-state index contributed by atoms with van der Waals surface area (Å²) in [6.07, 6.45) is 2.66. The number of hydrogen-bond donors (Lipinski definition) is 1. The fraction of sp³-hybridized carbons (Fsp3) is 0.360. The molecule has 1 aliphatic carbocycles. The van der Waals surface area contributed by atoms with Crippen LogP contribution in [0.4, 0.5) is 0 Å². The summed E-state index contributed by atoms with van der Waals surface area (Å²) in [6, 6.07) is 7.54. The van der Waals surface area contributed by atoms with Gasteiger partial charge in [0.15, 0.2) is 11.9 Å². The molecule has 0 fully saturated rings. The predicted octanol–water partition coefficient (Wildman–Crippen LogP) is 4.69. The number of hydrogen-bond acceptors (Lipinski definition) is 5. The molecule has 6 heteroatoms. The molecule has 1 aliphatic rings. The Bertz CT molecular complexity index is 1220. The van der Waals surface area contributed by atoms with Crippen LogP contribution in [0.15, 0.2) is 24.3 Å². The number of aryl methyl sites for hydroxylation is 2. The van der Waals surface area contributed by atoms with Crippen LogP contribution < -0.4 is 0 Å². The van der Waals surface area contributed by atoms with E-state index in [9.17, 15) is 14.4 Å². The number of ketones is 2. The van der Waals surface area contributed by atoms with Gasteiger partial charge >= 0.3 is 5.97 Å². The Hall–Kier alpha value is -3.28. The molecule has 1 atom stereocenters. The van der Waals surface area contributed by atoms with E-state index in [0.717, 1.165) is 47.8 Å². The Labute approximate surface area is 181 Å². The molecule has 3 aromatic rings. The third-order valence-corrected chi connectivity index (χ3v) is 6.06. The number of rotatable bonds is 5. The van der Waals surface area contributed by atoms with Gasteiger partial charge in [-0.2, -0.15) is 0 Å². The standard InChI is InChI=1S/C25H26N2O4/c1-13-21(15(3)28)14(2)26-23(13)24(29)16(4)31-25(30)22-17-9-5-7-11-19(17)27-20-12-8-6-10-18(20)22/h5,7,9,11,16,26H,6,8,10,12H2,1-4H3/t16-/m0/s1. The highest BCUT2D eigenvalue weighted by atomic mass is 16.5. The number of nitrogens with zero attached hydrogens (tertiary/aromatic N) is 1. The lowest BCUT2D eigenvalue weighted by molar-refractivity contribution is 0.0317. The summed E-state index contributed by atoms with van der Waals surface area (Å²) in [5, 5.41) is 0.749. The van der Waals surface area contributed by atoms with Crippen LogP contribution in [0.25, 0.3) is 10.9 Å². The smallest absolute Gasteiger partial charge is 0.339 e. The van der Waals surface area contributed by atoms with Crippen molar-refractivity contribution in [3.05, 3.63) is 63.6 Å². The van der Waals surface area contributed by atoms with Gasteiger partial charge in [0.05, 0.1) is 16.8 Å². The van der Waals surface area contributed by atoms with E-state index in [1.54, 1.807) is 20.8 Å². The maximum Gasteiger partial charge on any atom is 0.339 e. The number of Topliss-reactive ketones (excluding diaryl/α,β-unsaturated/α-hetero) is 2. The van der Waals surface area contributed by atoms with Crippen LogP contribution in [0.1, 0.15) is 80.4 Å². The molecule has 6 nitrogen and oxygen atoms in total. The third kappa shape index (κ3) is 3.67. The Balaban J connectivity index is 1.68. The molecule has 0 bridgehead atoms. The van der Waals surface area contributed by atoms with E-state index < -0.39 is 12.1 Å². The molecular weight excluding hydrogens is 392 g/mol. The molecular formula is C25H26N2O4. The first kappa shape index (κ1) is 21.0. The number of fused-ring (bicyclic) bond motifs is 2. The van der Waals surface area contributed by atoms with E-state index in [0.29, 0.717) is 28.1 Å². The summed E-state index contributed by atoms with van der Waals surface area (Å²) in [7, 11) is 0. The van der Waals surface area contributed by atoms with Gasteiger partial charge in [0.2, 0.25) is 5.78 Å². The summed E-state index contributed by atoms with van der Waals surface area (Å²) in [4.78, 5) is 46.0. The van der Waals surface area contributed by atoms with Crippen molar-refractivity contribution in [2.24, 2.45) is 0 Å². The minimum absolute atomic E-state index is 0.107. The maximum atomic E-state index is 13.3. The molecule has 4 rings (SSSR count). The highest BCUT2D eigenvalue weighted by Crippen LogP contribution is 2.30. The minimum Gasteiger partial charge on any atom is -0.451 e. The number of esters is 1. The number of carbonyl (C=O) groups is 3. The summed E-state index contributed by atoms with van der Waals surface area (Å²) in [6.45, 7) is 6.53. The van der Waals surface area contributed by atoms with Gasteiger partial charge < -0.3 is 9.72 Å². The number of nitrogens with one attached hydrogen (secondary N) is 1. The van der Waals surface area contributed by atoms with E-state index in [-0.39, 0.29) is 11.6 Å². The van der Waals surface area contributed by atoms with Crippen LogP contribution in [0.2, 0.25) is 0 Å². The minimum atomic E-state index is -0.991. The Kier molecular flexibility index (Phi) is 5.48. The van der Waals surface area contributed by atoms with Gasteiger partial charge in [0.25, 0.3) is 0 Å². The average Bonchev–Trinajstić information content (AvgIpc) is 3.05. The van der Waals surface area contributed by atoms with Crippen molar-refractivity contribution in [2.75, 3.05) is 0 Å². The van der Waals surface area contributed by atoms with Crippen molar-refractivity contribution in [3.8, 4) is 0 Å². The lowest BCUT2D eigenvalue weighted by Crippen LogP contribution is -2.26. The summed E-state index contributed by atoms with van der Waals surface area (Å²) in [5.74, 6) is -0.969. The lowest BCUT2D eigenvalue weighted by atomic mass is 9.90. The molecule has 31 heavy (non-hydrogen) atoms. The zero-order valence-corrected chi connectivity index (χ0v) is 18.3. The van der Waals surface area contributed by atoms with E-state index >= 15 is 0 Å². The zero-order chi connectivity index (χ0) is 22.3. The summed E-state index contributed by atoms with van der Waals surface area (Å²) in [5.41, 5.74) is 5.20. The number of pyridine rings is 1. The van der Waals surface area contributed by atoms with Crippen molar-refractivity contribution >= 4 is 28.4 Å². The Morgan fingerprint density at radius 2 is 1.77 bits per heavy atom. The Morgan fingerprint density at radius 3 is 2.48 bits per heavy atom. The van der Waals surface area contributed by atoms with Gasteiger partial charge in [-0.3, -0.25) is 14.6 Å². The van der Waals surface area contributed by atoms with Crippen molar-refractivity contribution < 1.29 is 19.1 Å². The van der Waals surface area contributed by atoms with Crippen molar-refractivity contribution in [1.82, 2.24) is 9.97 Å². The fourth-order valence-electron chi connectivity index (χ4n) is 4.61. The zero-order valence-electron chi connectivity index (χ0n) is 18.3. The third-order valence-electron chi connectivity index (χ3n) is 6.06.